The van der Waals surface area contributed by atoms with Crippen LogP contribution in [0.1, 0.15) is 32.6 Å². The Labute approximate surface area is 177 Å². The standard InChI is InChI=1S/C22H27FN2O4S/c1-2-29-20-9-7-19(8-10-20)24-22(26)11-6-17-12-14-25(15-13-17)30(27,28)21-5-3-4-18(23)16-21/h3-5,7-10,16-17H,2,6,11-15H2,1H3,(H,24,26). The summed E-state index contributed by atoms with van der Waals surface area (Å²) in [6, 6.07) is 12.3. The zero-order chi connectivity index (χ0) is 21.6. The minimum atomic E-state index is -3.68. The molecule has 0 atom stereocenters. The van der Waals surface area contributed by atoms with E-state index in [-0.39, 0.29) is 16.7 Å². The molecule has 0 bridgehead atoms. The number of ether oxygens (including phenoxy) is 1. The second-order valence-electron chi connectivity index (χ2n) is 7.35. The summed E-state index contributed by atoms with van der Waals surface area (Å²) >= 11 is 0. The molecule has 0 aliphatic carbocycles. The van der Waals surface area contributed by atoms with Gasteiger partial charge in [0.15, 0.2) is 0 Å². The van der Waals surface area contributed by atoms with Gasteiger partial charge in [-0.25, -0.2) is 12.8 Å². The molecule has 2 aromatic rings. The summed E-state index contributed by atoms with van der Waals surface area (Å²) < 4.78 is 45.5. The SMILES string of the molecule is CCOc1ccc(NC(=O)CCC2CCN(S(=O)(=O)c3cccc(F)c3)CC2)cc1. The lowest BCUT2D eigenvalue weighted by atomic mass is 9.93. The molecule has 8 heteroatoms. The van der Waals surface area contributed by atoms with Crippen LogP contribution in [0.5, 0.6) is 5.75 Å². The molecule has 1 amide bonds. The summed E-state index contributed by atoms with van der Waals surface area (Å²) in [4.78, 5) is 12.2. The topological polar surface area (TPSA) is 75.7 Å². The van der Waals surface area contributed by atoms with E-state index in [1.54, 1.807) is 12.1 Å². The maximum Gasteiger partial charge on any atom is 0.243 e. The van der Waals surface area contributed by atoms with Gasteiger partial charge in [-0.15, -0.1) is 0 Å². The van der Waals surface area contributed by atoms with Gasteiger partial charge in [-0.2, -0.15) is 4.31 Å². The van der Waals surface area contributed by atoms with Crippen molar-refractivity contribution in [1.29, 1.82) is 0 Å². The Balaban J connectivity index is 1.45. The highest BCUT2D eigenvalue weighted by molar-refractivity contribution is 7.89. The van der Waals surface area contributed by atoms with Crippen molar-refractivity contribution in [2.75, 3.05) is 25.0 Å². The van der Waals surface area contributed by atoms with Crippen molar-refractivity contribution in [2.45, 2.75) is 37.5 Å². The fourth-order valence-electron chi connectivity index (χ4n) is 3.57. The second-order valence-corrected chi connectivity index (χ2v) is 9.29. The number of anilines is 1. The monoisotopic (exact) mass is 434 g/mol. The van der Waals surface area contributed by atoms with Crippen molar-refractivity contribution in [2.24, 2.45) is 5.92 Å². The number of benzene rings is 2. The van der Waals surface area contributed by atoms with Crippen molar-refractivity contribution < 1.29 is 22.3 Å². The molecule has 1 saturated heterocycles. The number of hydrogen-bond donors (Lipinski definition) is 1. The number of amides is 1. The molecule has 0 saturated carbocycles. The van der Waals surface area contributed by atoms with Crippen molar-refractivity contribution in [3.05, 3.63) is 54.3 Å². The van der Waals surface area contributed by atoms with Gasteiger partial charge in [-0.05, 0) is 74.6 Å². The average Bonchev–Trinajstić information content (AvgIpc) is 2.74. The molecule has 1 fully saturated rings. The summed E-state index contributed by atoms with van der Waals surface area (Å²) in [6.07, 6.45) is 2.46. The van der Waals surface area contributed by atoms with Gasteiger partial charge in [0.1, 0.15) is 11.6 Å². The van der Waals surface area contributed by atoms with Gasteiger partial charge in [-0.3, -0.25) is 4.79 Å². The highest BCUT2D eigenvalue weighted by Gasteiger charge is 2.29. The van der Waals surface area contributed by atoms with Crippen LogP contribution in [0.4, 0.5) is 10.1 Å². The first-order valence-electron chi connectivity index (χ1n) is 10.2. The second kappa shape index (κ2) is 10.0. The van der Waals surface area contributed by atoms with Crippen LogP contribution in [0.2, 0.25) is 0 Å². The van der Waals surface area contributed by atoms with E-state index in [1.807, 2.05) is 19.1 Å². The van der Waals surface area contributed by atoms with Gasteiger partial charge >= 0.3 is 0 Å². The van der Waals surface area contributed by atoms with Crippen LogP contribution in [0.3, 0.4) is 0 Å². The van der Waals surface area contributed by atoms with Gasteiger partial charge in [0.05, 0.1) is 11.5 Å². The van der Waals surface area contributed by atoms with Gasteiger partial charge < -0.3 is 10.1 Å². The van der Waals surface area contributed by atoms with Crippen LogP contribution in [0, 0.1) is 11.7 Å². The first-order chi connectivity index (χ1) is 14.4. The Morgan fingerprint density at radius 2 is 1.87 bits per heavy atom. The zero-order valence-corrected chi connectivity index (χ0v) is 17.8. The number of carbonyl (C=O) groups excluding carboxylic acids is 1. The smallest absolute Gasteiger partial charge is 0.243 e. The van der Waals surface area contributed by atoms with E-state index in [2.05, 4.69) is 5.32 Å². The summed E-state index contributed by atoms with van der Waals surface area (Å²) in [5.41, 5.74) is 0.722. The zero-order valence-electron chi connectivity index (χ0n) is 17.0. The van der Waals surface area contributed by atoms with Gasteiger partial charge in [0.25, 0.3) is 0 Å². The Bertz CT molecular complexity index is 955. The normalized spacial score (nSPS) is 15.7. The first-order valence-corrected chi connectivity index (χ1v) is 11.6. The molecule has 2 aromatic carbocycles. The molecular formula is C22H27FN2O4S. The number of rotatable bonds is 8. The number of nitrogens with zero attached hydrogens (tertiary/aromatic N) is 1. The molecule has 1 heterocycles. The Morgan fingerprint density at radius 1 is 1.17 bits per heavy atom. The molecule has 0 radical (unpaired) electrons. The van der Waals surface area contributed by atoms with E-state index < -0.39 is 15.8 Å². The van der Waals surface area contributed by atoms with Gasteiger partial charge in [0, 0.05) is 25.2 Å². The number of sulfonamides is 1. The van der Waals surface area contributed by atoms with E-state index in [0.29, 0.717) is 45.4 Å². The lowest BCUT2D eigenvalue weighted by Gasteiger charge is -2.31. The quantitative estimate of drug-likeness (QED) is 0.680. The fourth-order valence-corrected chi connectivity index (χ4v) is 5.08. The van der Waals surface area contributed by atoms with Crippen molar-refractivity contribution in [1.82, 2.24) is 4.31 Å². The molecule has 0 unspecified atom stereocenters. The molecule has 1 N–H and O–H groups in total. The molecular weight excluding hydrogens is 407 g/mol. The average molecular weight is 435 g/mol. The van der Waals surface area contributed by atoms with E-state index >= 15 is 0 Å². The third kappa shape index (κ3) is 5.79. The molecule has 1 aliphatic heterocycles. The molecule has 0 aromatic heterocycles. The lowest BCUT2D eigenvalue weighted by molar-refractivity contribution is -0.116. The van der Waals surface area contributed by atoms with Gasteiger partial charge in [-0.1, -0.05) is 6.07 Å². The molecule has 1 aliphatic rings. The van der Waals surface area contributed by atoms with Gasteiger partial charge in [0.2, 0.25) is 15.9 Å². The largest absolute Gasteiger partial charge is 0.494 e. The summed E-state index contributed by atoms with van der Waals surface area (Å²) in [5.74, 6) is 0.420. The Morgan fingerprint density at radius 3 is 2.50 bits per heavy atom. The predicted octanol–water partition coefficient (Wildman–Crippen LogP) is 4.04. The van der Waals surface area contributed by atoms with E-state index in [9.17, 15) is 17.6 Å². The first kappa shape index (κ1) is 22.2. The molecule has 0 spiro atoms. The summed E-state index contributed by atoms with van der Waals surface area (Å²) in [7, 11) is -3.68. The minimum Gasteiger partial charge on any atom is -0.494 e. The predicted molar refractivity (Wildman–Crippen MR) is 113 cm³/mol. The third-order valence-electron chi connectivity index (χ3n) is 5.24. The van der Waals surface area contributed by atoms with E-state index in [0.717, 1.165) is 17.5 Å². The number of nitrogens with one attached hydrogen (secondary N) is 1. The van der Waals surface area contributed by atoms with Crippen LogP contribution in [-0.4, -0.2) is 38.3 Å². The highest BCUT2D eigenvalue weighted by Crippen LogP contribution is 2.27. The van der Waals surface area contributed by atoms with Crippen LogP contribution in [0.15, 0.2) is 53.4 Å². The van der Waals surface area contributed by atoms with Crippen LogP contribution < -0.4 is 10.1 Å². The molecule has 3 rings (SSSR count). The molecule has 6 nitrogen and oxygen atoms in total. The highest BCUT2D eigenvalue weighted by atomic mass is 32.2. The van der Waals surface area contributed by atoms with Crippen LogP contribution in [-0.2, 0) is 14.8 Å². The number of halogens is 1. The van der Waals surface area contributed by atoms with Crippen molar-refractivity contribution in [3.63, 3.8) is 0 Å². The van der Waals surface area contributed by atoms with Crippen molar-refractivity contribution in [3.8, 4) is 5.75 Å². The summed E-state index contributed by atoms with van der Waals surface area (Å²) in [6.45, 7) is 3.26. The minimum absolute atomic E-state index is 0.0179. The number of carbonyl (C=O) groups is 1. The van der Waals surface area contributed by atoms with Crippen molar-refractivity contribution >= 4 is 21.6 Å². The maximum atomic E-state index is 13.4. The summed E-state index contributed by atoms with van der Waals surface area (Å²) in [5, 5.41) is 2.87. The van der Waals surface area contributed by atoms with E-state index in [1.165, 1.54) is 22.5 Å². The third-order valence-corrected chi connectivity index (χ3v) is 7.13. The maximum absolute atomic E-state index is 13.4. The number of hydrogen-bond acceptors (Lipinski definition) is 4. The lowest BCUT2D eigenvalue weighted by Crippen LogP contribution is -2.38. The molecule has 30 heavy (non-hydrogen) atoms. The van der Waals surface area contributed by atoms with E-state index in [4.69, 9.17) is 4.74 Å². The number of piperidine rings is 1. The van der Waals surface area contributed by atoms with Crippen LogP contribution in [0.25, 0.3) is 0 Å². The van der Waals surface area contributed by atoms with Crippen LogP contribution >= 0.6 is 0 Å². The fraction of sp³-hybridized carbons (Fsp3) is 0.409. The Kier molecular flexibility index (Phi) is 7.44. The molecule has 162 valence electrons. The Hall–Kier alpha value is -2.45.